The van der Waals surface area contributed by atoms with Gasteiger partial charge in [-0.2, -0.15) is 0 Å². The first-order chi connectivity index (χ1) is 12.5. The highest BCUT2D eigenvalue weighted by Gasteiger charge is 2.23. The number of carbonyl (C=O) groups is 1. The summed E-state index contributed by atoms with van der Waals surface area (Å²) in [7, 11) is 0. The minimum absolute atomic E-state index is 0.0405. The number of epoxide rings is 1. The van der Waals surface area contributed by atoms with Gasteiger partial charge in [0.25, 0.3) is 0 Å². The molecule has 0 aromatic carbocycles. The highest BCUT2D eigenvalue weighted by atomic mass is 16.6. The lowest BCUT2D eigenvalue weighted by molar-refractivity contribution is -0.148. The molecule has 9 heteroatoms. The average Bonchev–Trinajstić information content (AvgIpc) is 3.45. The van der Waals surface area contributed by atoms with Crippen LogP contribution < -0.4 is 0 Å². The van der Waals surface area contributed by atoms with Crippen molar-refractivity contribution in [3.8, 4) is 0 Å². The highest BCUT2D eigenvalue weighted by Crippen LogP contribution is 2.09. The Morgan fingerprint density at radius 2 is 1.85 bits per heavy atom. The molecule has 0 saturated carbocycles. The maximum atomic E-state index is 11.3. The zero-order valence-corrected chi connectivity index (χ0v) is 15.0. The summed E-state index contributed by atoms with van der Waals surface area (Å²) in [6.45, 7) is 4.29. The van der Waals surface area contributed by atoms with Crippen LogP contribution in [-0.4, -0.2) is 98.6 Å². The van der Waals surface area contributed by atoms with Gasteiger partial charge in [0.2, 0.25) is 0 Å². The van der Waals surface area contributed by atoms with Gasteiger partial charge in [-0.25, -0.2) is 0 Å². The number of ether oxygens (including phenoxy) is 5. The highest BCUT2D eigenvalue weighted by molar-refractivity contribution is 5.69. The normalized spacial score (nSPS) is 19.6. The molecule has 1 rings (SSSR count). The van der Waals surface area contributed by atoms with Gasteiger partial charge in [-0.15, -0.1) is 6.58 Å². The summed E-state index contributed by atoms with van der Waals surface area (Å²) in [5.74, 6) is -0.414. The topological polar surface area (TPSA) is 127 Å². The van der Waals surface area contributed by atoms with Crippen molar-refractivity contribution in [1.82, 2.24) is 0 Å². The number of esters is 1. The number of allylic oxidation sites excluding steroid dienone is 1. The van der Waals surface area contributed by atoms with E-state index in [1.165, 1.54) is 0 Å². The molecule has 0 aromatic heterocycles. The van der Waals surface area contributed by atoms with Crippen LogP contribution in [0.3, 0.4) is 0 Å². The minimum Gasteiger partial charge on any atom is -0.463 e. The van der Waals surface area contributed by atoms with Gasteiger partial charge < -0.3 is 39.0 Å². The molecule has 1 aliphatic rings. The van der Waals surface area contributed by atoms with E-state index in [1.54, 1.807) is 6.08 Å². The minimum atomic E-state index is -0.973. The maximum absolute atomic E-state index is 11.3. The molecule has 0 spiro atoms. The zero-order chi connectivity index (χ0) is 19.2. The molecule has 0 bridgehead atoms. The summed E-state index contributed by atoms with van der Waals surface area (Å²) < 4.78 is 25.7. The number of rotatable bonds is 17. The number of hydrogen-bond acceptors (Lipinski definition) is 9. The van der Waals surface area contributed by atoms with E-state index in [-0.39, 0.29) is 52.2 Å². The molecule has 1 fully saturated rings. The SMILES string of the molecule is C=CCCC(=O)OCC(O)COCC(O)COC(CO)COCC1CO1. The fourth-order valence-corrected chi connectivity index (χ4v) is 1.81. The molecule has 4 atom stereocenters. The molecular formula is C17H30O9. The molecule has 26 heavy (non-hydrogen) atoms. The molecule has 3 N–H and O–H groups in total. The quantitative estimate of drug-likeness (QED) is 0.166. The largest absolute Gasteiger partial charge is 0.463 e. The van der Waals surface area contributed by atoms with Crippen molar-refractivity contribution in [3.05, 3.63) is 12.7 Å². The predicted octanol–water partition coefficient (Wildman–Crippen LogP) is -0.973. The third-order valence-electron chi connectivity index (χ3n) is 3.35. The van der Waals surface area contributed by atoms with Gasteiger partial charge in [-0.05, 0) is 6.42 Å². The Hall–Kier alpha value is -1.07. The summed E-state index contributed by atoms with van der Waals surface area (Å²) in [4.78, 5) is 11.3. The second-order valence-corrected chi connectivity index (χ2v) is 5.99. The smallest absolute Gasteiger partial charge is 0.306 e. The molecule has 0 aliphatic carbocycles. The molecule has 4 unspecified atom stereocenters. The summed E-state index contributed by atoms with van der Waals surface area (Å²) in [6.07, 6.45) is 0.0592. The van der Waals surface area contributed by atoms with Gasteiger partial charge in [-0.3, -0.25) is 4.79 Å². The first kappa shape index (κ1) is 23.0. The van der Waals surface area contributed by atoms with E-state index in [0.717, 1.165) is 0 Å². The van der Waals surface area contributed by atoms with Crippen molar-refractivity contribution >= 4 is 5.97 Å². The van der Waals surface area contributed by atoms with Crippen LogP contribution in [-0.2, 0) is 28.5 Å². The molecule has 1 heterocycles. The summed E-state index contributed by atoms with van der Waals surface area (Å²) in [5, 5.41) is 28.6. The Bertz CT molecular complexity index is 386. The number of hydrogen-bond donors (Lipinski definition) is 3. The maximum Gasteiger partial charge on any atom is 0.306 e. The van der Waals surface area contributed by atoms with Gasteiger partial charge >= 0.3 is 5.97 Å². The van der Waals surface area contributed by atoms with E-state index in [0.29, 0.717) is 19.6 Å². The van der Waals surface area contributed by atoms with Crippen molar-refractivity contribution in [3.63, 3.8) is 0 Å². The van der Waals surface area contributed by atoms with Gasteiger partial charge in [0.1, 0.15) is 31.0 Å². The van der Waals surface area contributed by atoms with E-state index in [2.05, 4.69) is 6.58 Å². The molecule has 152 valence electrons. The average molecular weight is 378 g/mol. The summed E-state index contributed by atoms with van der Waals surface area (Å²) >= 11 is 0. The van der Waals surface area contributed by atoms with Crippen molar-refractivity contribution in [2.45, 2.75) is 37.3 Å². The van der Waals surface area contributed by atoms with Crippen LogP contribution in [0.4, 0.5) is 0 Å². The van der Waals surface area contributed by atoms with E-state index < -0.39 is 24.3 Å². The van der Waals surface area contributed by atoms with Crippen molar-refractivity contribution in [2.75, 3.05) is 52.9 Å². The van der Waals surface area contributed by atoms with Crippen molar-refractivity contribution in [2.24, 2.45) is 0 Å². The Morgan fingerprint density at radius 1 is 1.15 bits per heavy atom. The lowest BCUT2D eigenvalue weighted by Gasteiger charge is -2.19. The van der Waals surface area contributed by atoms with E-state index in [9.17, 15) is 20.1 Å². The van der Waals surface area contributed by atoms with Crippen LogP contribution in [0.15, 0.2) is 12.7 Å². The third kappa shape index (κ3) is 12.3. The van der Waals surface area contributed by atoms with Crippen LogP contribution in [0.5, 0.6) is 0 Å². The lowest BCUT2D eigenvalue weighted by Crippen LogP contribution is -2.32. The fraction of sp³-hybridized carbons (Fsp3) is 0.824. The van der Waals surface area contributed by atoms with Crippen LogP contribution in [0.2, 0.25) is 0 Å². The summed E-state index contributed by atoms with van der Waals surface area (Å²) in [5.41, 5.74) is 0. The van der Waals surface area contributed by atoms with Crippen LogP contribution in [0.1, 0.15) is 12.8 Å². The number of carbonyl (C=O) groups excluding carboxylic acids is 1. The summed E-state index contributed by atoms with van der Waals surface area (Å²) in [6, 6.07) is 0. The number of aliphatic hydroxyl groups excluding tert-OH is 3. The van der Waals surface area contributed by atoms with Gasteiger partial charge in [-0.1, -0.05) is 6.08 Å². The Kier molecular flexibility index (Phi) is 12.4. The second-order valence-electron chi connectivity index (χ2n) is 5.99. The Labute approximate surface area is 153 Å². The van der Waals surface area contributed by atoms with E-state index >= 15 is 0 Å². The Morgan fingerprint density at radius 3 is 2.46 bits per heavy atom. The molecule has 9 nitrogen and oxygen atoms in total. The predicted molar refractivity (Wildman–Crippen MR) is 90.6 cm³/mol. The first-order valence-corrected chi connectivity index (χ1v) is 8.67. The van der Waals surface area contributed by atoms with Gasteiger partial charge in [0.05, 0.1) is 46.2 Å². The van der Waals surface area contributed by atoms with Crippen LogP contribution in [0, 0.1) is 0 Å². The first-order valence-electron chi connectivity index (χ1n) is 8.67. The number of aliphatic hydroxyl groups is 3. The van der Waals surface area contributed by atoms with Crippen molar-refractivity contribution in [1.29, 1.82) is 0 Å². The van der Waals surface area contributed by atoms with Crippen LogP contribution >= 0.6 is 0 Å². The lowest BCUT2D eigenvalue weighted by atomic mass is 10.3. The third-order valence-corrected chi connectivity index (χ3v) is 3.35. The zero-order valence-electron chi connectivity index (χ0n) is 15.0. The molecule has 1 aliphatic heterocycles. The van der Waals surface area contributed by atoms with E-state index in [1.807, 2.05) is 0 Å². The van der Waals surface area contributed by atoms with Gasteiger partial charge in [0, 0.05) is 6.42 Å². The standard InChI is InChI=1S/C17H30O9/c1-2-3-4-17(21)26-9-14(20)7-22-6-13(19)8-24-15(5-18)10-23-11-16-12-25-16/h2,13-16,18-20H,1,3-12H2. The second kappa shape index (κ2) is 14.0. The molecule has 0 radical (unpaired) electrons. The monoisotopic (exact) mass is 378 g/mol. The van der Waals surface area contributed by atoms with E-state index in [4.69, 9.17) is 23.7 Å². The van der Waals surface area contributed by atoms with Crippen LogP contribution in [0.25, 0.3) is 0 Å². The van der Waals surface area contributed by atoms with Gasteiger partial charge in [0.15, 0.2) is 0 Å². The molecular weight excluding hydrogens is 348 g/mol. The fourth-order valence-electron chi connectivity index (χ4n) is 1.81. The molecule has 0 amide bonds. The van der Waals surface area contributed by atoms with Crippen molar-refractivity contribution < 1.29 is 43.8 Å². The Balaban J connectivity index is 2.00. The molecule has 0 aromatic rings. The molecule has 1 saturated heterocycles.